The molecule has 1 saturated heterocycles. The lowest BCUT2D eigenvalue weighted by molar-refractivity contribution is -0.0259. The molecular weight excluding hydrogens is 386 g/mol. The van der Waals surface area contributed by atoms with Crippen LogP contribution in [0.15, 0.2) is 15.5 Å². The highest BCUT2D eigenvalue weighted by atomic mass is 79.9. The molecule has 1 saturated carbocycles. The zero-order valence-corrected chi connectivity index (χ0v) is 16.3. The van der Waals surface area contributed by atoms with Crippen LogP contribution in [0.3, 0.4) is 0 Å². The van der Waals surface area contributed by atoms with Gasteiger partial charge in [-0.2, -0.15) is 0 Å². The number of hydrogen-bond donors (Lipinski definition) is 0. The molecule has 1 spiro atoms. The van der Waals surface area contributed by atoms with E-state index >= 15 is 0 Å². The number of carbonyl (C=O) groups excluding carboxylic acids is 1. The smallest absolute Gasteiger partial charge is 0.275 e. The van der Waals surface area contributed by atoms with Crippen molar-refractivity contribution in [2.45, 2.75) is 50.7 Å². The number of ether oxygens (including phenoxy) is 1. The van der Waals surface area contributed by atoms with E-state index in [1.54, 1.807) is 6.20 Å². The Kier molecular flexibility index (Phi) is 4.19. The van der Waals surface area contributed by atoms with Gasteiger partial charge in [0.15, 0.2) is 11.4 Å². The molecule has 1 aromatic rings. The van der Waals surface area contributed by atoms with E-state index in [2.05, 4.69) is 34.8 Å². The molecular formula is C18H24BrN3O3. The van der Waals surface area contributed by atoms with E-state index in [9.17, 15) is 9.59 Å². The summed E-state index contributed by atoms with van der Waals surface area (Å²) in [6.45, 7) is 4.27. The van der Waals surface area contributed by atoms with Gasteiger partial charge in [0.25, 0.3) is 5.91 Å². The third-order valence-electron chi connectivity index (χ3n) is 5.67. The highest BCUT2D eigenvalue weighted by Crippen LogP contribution is 2.54. The molecule has 2 fully saturated rings. The fourth-order valence-electron chi connectivity index (χ4n) is 4.34. The van der Waals surface area contributed by atoms with Crippen molar-refractivity contribution >= 4 is 21.8 Å². The molecule has 25 heavy (non-hydrogen) atoms. The molecule has 6 nitrogen and oxygen atoms in total. The lowest BCUT2D eigenvalue weighted by atomic mass is 10.00. The number of rotatable bonds is 4. The number of unbranched alkanes of at least 4 members (excludes halogenated alkanes) is 1. The largest absolute Gasteiger partial charge is 0.487 e. The van der Waals surface area contributed by atoms with Crippen molar-refractivity contribution in [3.05, 3.63) is 26.6 Å². The second-order valence-corrected chi connectivity index (χ2v) is 8.22. The van der Waals surface area contributed by atoms with Gasteiger partial charge in [-0.15, -0.1) is 0 Å². The Labute approximate surface area is 155 Å². The molecule has 1 aromatic heterocycles. The first-order chi connectivity index (χ1) is 12.0. The first-order valence-corrected chi connectivity index (χ1v) is 9.90. The first-order valence-electron chi connectivity index (χ1n) is 9.11. The maximum absolute atomic E-state index is 13.3. The zero-order chi connectivity index (χ0) is 17.8. The first kappa shape index (κ1) is 17.1. The van der Waals surface area contributed by atoms with E-state index in [-0.39, 0.29) is 28.8 Å². The molecule has 1 amide bonds. The molecule has 4 rings (SSSR count). The molecule has 0 N–H and O–H groups in total. The number of pyridine rings is 1. The third kappa shape index (κ3) is 2.46. The van der Waals surface area contributed by atoms with Crippen LogP contribution < -0.4 is 10.2 Å². The average molecular weight is 410 g/mol. The summed E-state index contributed by atoms with van der Waals surface area (Å²) < 4.78 is 8.33. The number of fused-ring (bicyclic) bond motifs is 4. The zero-order valence-electron chi connectivity index (χ0n) is 14.8. The highest BCUT2D eigenvalue weighted by molar-refractivity contribution is 9.10. The van der Waals surface area contributed by atoms with Gasteiger partial charge in [-0.25, -0.2) is 0 Å². The lowest BCUT2D eigenvalue weighted by Gasteiger charge is -2.51. The van der Waals surface area contributed by atoms with Crippen LogP contribution in [0.5, 0.6) is 5.75 Å². The number of carbonyl (C=O) groups is 1. The van der Waals surface area contributed by atoms with E-state index in [0.717, 1.165) is 45.2 Å². The van der Waals surface area contributed by atoms with Crippen molar-refractivity contribution in [2.75, 3.05) is 26.7 Å². The van der Waals surface area contributed by atoms with Crippen LogP contribution in [0.1, 0.15) is 49.5 Å². The van der Waals surface area contributed by atoms with Gasteiger partial charge >= 0.3 is 0 Å². The molecule has 7 heteroatoms. The number of hydrogen-bond acceptors (Lipinski definition) is 4. The maximum atomic E-state index is 13.3. The standard InChI is InChI=1S/C18H24BrN3O3/c1-3-4-10-25-15-13-16(24)21-9-5-8-20(2)17(21)18(6-7-18)22(13)11-12(19)14(15)23/h11,17H,3-10H2,1-2H3. The van der Waals surface area contributed by atoms with Gasteiger partial charge in [-0.3, -0.25) is 14.5 Å². The number of halogens is 1. The van der Waals surface area contributed by atoms with Crippen molar-refractivity contribution in [1.82, 2.24) is 14.4 Å². The van der Waals surface area contributed by atoms with Crippen molar-refractivity contribution in [2.24, 2.45) is 0 Å². The van der Waals surface area contributed by atoms with E-state index < -0.39 is 0 Å². The summed E-state index contributed by atoms with van der Waals surface area (Å²) in [5, 5.41) is 0. The fourth-order valence-corrected chi connectivity index (χ4v) is 4.72. The minimum Gasteiger partial charge on any atom is -0.487 e. The second kappa shape index (κ2) is 6.13. The normalized spacial score (nSPS) is 24.2. The summed E-state index contributed by atoms with van der Waals surface area (Å²) in [6.07, 6.45) is 6.70. The van der Waals surface area contributed by atoms with Crippen LogP contribution >= 0.6 is 15.9 Å². The van der Waals surface area contributed by atoms with Gasteiger partial charge < -0.3 is 14.2 Å². The molecule has 0 radical (unpaired) electrons. The average Bonchev–Trinajstić information content (AvgIpc) is 3.38. The van der Waals surface area contributed by atoms with E-state index in [4.69, 9.17) is 4.74 Å². The molecule has 3 heterocycles. The molecule has 0 aromatic carbocycles. The van der Waals surface area contributed by atoms with Crippen molar-refractivity contribution < 1.29 is 9.53 Å². The van der Waals surface area contributed by atoms with E-state index in [1.807, 2.05) is 9.47 Å². The third-order valence-corrected chi connectivity index (χ3v) is 6.24. The van der Waals surface area contributed by atoms with Crippen LogP contribution in [0.2, 0.25) is 0 Å². The SMILES string of the molecule is CCCCOc1c2n(cc(Br)c1=O)C1(CC1)C1N(C)CCCN1C2=O. The summed E-state index contributed by atoms with van der Waals surface area (Å²) in [4.78, 5) is 30.2. The van der Waals surface area contributed by atoms with Crippen LogP contribution in [-0.2, 0) is 5.54 Å². The Morgan fingerprint density at radius 3 is 2.76 bits per heavy atom. The Bertz CT molecular complexity index is 772. The predicted molar refractivity (Wildman–Crippen MR) is 98.1 cm³/mol. The van der Waals surface area contributed by atoms with Gasteiger partial charge in [0, 0.05) is 19.3 Å². The molecule has 3 aliphatic rings. The van der Waals surface area contributed by atoms with Gasteiger partial charge in [0.2, 0.25) is 5.43 Å². The summed E-state index contributed by atoms with van der Waals surface area (Å²) >= 11 is 3.38. The Morgan fingerprint density at radius 1 is 1.32 bits per heavy atom. The fraction of sp³-hybridized carbons (Fsp3) is 0.667. The minimum atomic E-state index is -0.227. The molecule has 2 aliphatic heterocycles. The van der Waals surface area contributed by atoms with Gasteiger partial charge in [-0.05, 0) is 48.7 Å². The topological polar surface area (TPSA) is 54.8 Å². The molecule has 1 unspecified atom stereocenters. The maximum Gasteiger partial charge on any atom is 0.275 e. The van der Waals surface area contributed by atoms with Crippen LogP contribution in [-0.4, -0.2) is 53.2 Å². The van der Waals surface area contributed by atoms with Gasteiger partial charge in [0.05, 0.1) is 16.6 Å². The van der Waals surface area contributed by atoms with E-state index in [0.29, 0.717) is 16.8 Å². The quantitative estimate of drug-likeness (QED) is 0.716. The molecule has 0 bridgehead atoms. The Hall–Kier alpha value is -1.34. The van der Waals surface area contributed by atoms with Crippen LogP contribution in [0, 0.1) is 0 Å². The summed E-state index contributed by atoms with van der Waals surface area (Å²) in [5.74, 6) is 0.135. The summed E-state index contributed by atoms with van der Waals surface area (Å²) in [7, 11) is 2.09. The number of amides is 1. The van der Waals surface area contributed by atoms with Crippen molar-refractivity contribution in [1.29, 1.82) is 0 Å². The van der Waals surface area contributed by atoms with Crippen LogP contribution in [0.4, 0.5) is 0 Å². The predicted octanol–water partition coefficient (Wildman–Crippen LogP) is 2.40. The monoisotopic (exact) mass is 409 g/mol. The van der Waals surface area contributed by atoms with Gasteiger partial charge in [0.1, 0.15) is 6.17 Å². The number of nitrogens with zero attached hydrogens (tertiary/aromatic N) is 3. The number of aromatic nitrogens is 1. The number of likely N-dealkylation sites (N-methyl/N-ethyl adjacent to an activating group) is 1. The Morgan fingerprint density at radius 2 is 2.08 bits per heavy atom. The second-order valence-electron chi connectivity index (χ2n) is 7.37. The van der Waals surface area contributed by atoms with Crippen molar-refractivity contribution in [3.8, 4) is 5.75 Å². The lowest BCUT2D eigenvalue weighted by Crippen LogP contribution is -2.65. The van der Waals surface area contributed by atoms with Crippen LogP contribution in [0.25, 0.3) is 0 Å². The summed E-state index contributed by atoms with van der Waals surface area (Å²) in [6, 6.07) is 0. The van der Waals surface area contributed by atoms with Crippen molar-refractivity contribution in [3.63, 3.8) is 0 Å². The highest BCUT2D eigenvalue weighted by Gasteiger charge is 2.61. The molecule has 1 atom stereocenters. The molecule has 1 aliphatic carbocycles. The molecule has 136 valence electrons. The van der Waals surface area contributed by atoms with E-state index in [1.165, 1.54) is 0 Å². The summed E-state index contributed by atoms with van der Waals surface area (Å²) in [5.41, 5.74) is 0.0843. The Balaban J connectivity index is 1.87. The van der Waals surface area contributed by atoms with Gasteiger partial charge in [-0.1, -0.05) is 13.3 Å². The minimum absolute atomic E-state index is 0.0687.